The number of rotatable bonds is 4. The Bertz CT molecular complexity index is 2000. The van der Waals surface area contributed by atoms with Crippen LogP contribution in [0, 0.1) is 0 Å². The van der Waals surface area contributed by atoms with Gasteiger partial charge in [0.2, 0.25) is 0 Å². The van der Waals surface area contributed by atoms with Crippen molar-refractivity contribution in [1.82, 2.24) is 0 Å². The van der Waals surface area contributed by atoms with E-state index in [9.17, 15) is 0 Å². The summed E-state index contributed by atoms with van der Waals surface area (Å²) < 4.78 is 1.51. The van der Waals surface area contributed by atoms with E-state index >= 15 is 0 Å². The third-order valence-electron chi connectivity index (χ3n) is 7.89. The van der Waals surface area contributed by atoms with Gasteiger partial charge in [-0.05, 0) is 11.1 Å². The molecular formula is C45H36Cl2Zr-2. The van der Waals surface area contributed by atoms with Crippen LogP contribution in [-0.2, 0) is 24.2 Å². The topological polar surface area (TPSA) is 0 Å². The second kappa shape index (κ2) is 17.9. The first-order chi connectivity index (χ1) is 22.6. The van der Waals surface area contributed by atoms with Crippen LogP contribution in [-0.4, -0.2) is 3.21 Å². The Hall–Kier alpha value is -4.13. The predicted octanol–water partition coefficient (Wildman–Crippen LogP) is 6.54. The number of hydrogen-bond acceptors (Lipinski definition) is 0. The fourth-order valence-corrected chi connectivity index (χ4v) is 5.80. The zero-order valence-corrected chi connectivity index (χ0v) is 31.0. The third-order valence-corrected chi connectivity index (χ3v) is 7.89. The molecule has 0 heterocycles. The van der Waals surface area contributed by atoms with Gasteiger partial charge >= 0.3 is 41.3 Å². The van der Waals surface area contributed by atoms with Crippen molar-refractivity contribution in [2.24, 2.45) is 0 Å². The van der Waals surface area contributed by atoms with Crippen molar-refractivity contribution >= 4 is 24.8 Å². The van der Waals surface area contributed by atoms with Crippen LogP contribution in [0.2, 0.25) is 0 Å². The molecule has 0 unspecified atom stereocenters. The molecule has 8 aromatic carbocycles. The summed E-state index contributed by atoms with van der Waals surface area (Å²) in [4.78, 5) is 0. The molecule has 0 amide bonds. The summed E-state index contributed by atoms with van der Waals surface area (Å²) >= 11 is 1.55. The van der Waals surface area contributed by atoms with Crippen molar-refractivity contribution in [1.29, 1.82) is 0 Å². The first kappa shape index (κ1) is 36.7. The third kappa shape index (κ3) is 9.06. The van der Waals surface area contributed by atoms with Gasteiger partial charge in [-0.15, -0.1) is 69.1 Å². The van der Waals surface area contributed by atoms with Crippen LogP contribution in [0.3, 0.4) is 0 Å². The molecule has 0 N–H and O–H groups in total. The minimum absolute atomic E-state index is 0. The summed E-state index contributed by atoms with van der Waals surface area (Å²) in [6.07, 6.45) is 0. The second-order valence-corrected chi connectivity index (χ2v) is 14.0. The molecule has 0 spiro atoms. The number of halogens is 2. The van der Waals surface area contributed by atoms with Gasteiger partial charge in [0.05, 0.1) is 0 Å². The Morgan fingerprint density at radius 2 is 0.688 bits per heavy atom. The van der Waals surface area contributed by atoms with E-state index in [0.717, 1.165) is 0 Å². The van der Waals surface area contributed by atoms with Crippen molar-refractivity contribution in [3.8, 4) is 44.5 Å². The second-order valence-electron chi connectivity index (χ2n) is 11.6. The average Bonchev–Trinajstić information content (AvgIpc) is 3.75. The zero-order valence-electron chi connectivity index (χ0n) is 27.1. The van der Waals surface area contributed by atoms with Crippen LogP contribution in [0.15, 0.2) is 182 Å². The minimum atomic E-state index is 0. The Balaban J connectivity index is 0.000000188. The molecular weight excluding hydrogens is 703 g/mol. The van der Waals surface area contributed by atoms with Gasteiger partial charge in [-0.3, -0.25) is 0 Å². The normalized spacial score (nSPS) is 10.1. The standard InChI is InChI=1S/2C21H15.C3H6.2ClH.Zr/c2*1-3-8-16(9-4-1)19-14-18-12-7-13-20(21(18)15-19)17-10-5-2-6-11-17;1-3-2;;;/h2*1-15H;1-2H3;2*1H;/q2*-1;;;;+2/p-2. The summed E-state index contributed by atoms with van der Waals surface area (Å²) in [5, 5.41) is 5.25. The molecule has 48 heavy (non-hydrogen) atoms. The molecule has 0 atom stereocenters. The molecule has 8 rings (SSSR count). The van der Waals surface area contributed by atoms with E-state index in [-0.39, 0.29) is 24.8 Å². The molecule has 0 saturated heterocycles. The smallest absolute Gasteiger partial charge is 0.0259 e. The van der Waals surface area contributed by atoms with Gasteiger partial charge < -0.3 is 24.8 Å². The van der Waals surface area contributed by atoms with Crippen LogP contribution in [0.4, 0.5) is 0 Å². The summed E-state index contributed by atoms with van der Waals surface area (Å²) in [5.74, 6) is 0. The van der Waals surface area contributed by atoms with Crippen LogP contribution in [0.5, 0.6) is 0 Å². The van der Waals surface area contributed by atoms with Gasteiger partial charge in [0.15, 0.2) is 0 Å². The van der Waals surface area contributed by atoms with Gasteiger partial charge in [0, 0.05) is 0 Å². The molecule has 0 bridgehead atoms. The quantitative estimate of drug-likeness (QED) is 0.180. The molecule has 0 fully saturated rings. The summed E-state index contributed by atoms with van der Waals surface area (Å²) in [5.41, 5.74) is 10.3. The van der Waals surface area contributed by atoms with E-state index < -0.39 is 0 Å². The predicted molar refractivity (Wildman–Crippen MR) is 197 cm³/mol. The number of benzene rings is 6. The van der Waals surface area contributed by atoms with Crippen molar-refractivity contribution in [3.63, 3.8) is 0 Å². The van der Waals surface area contributed by atoms with E-state index in [1.807, 2.05) is 0 Å². The number of hydrogen-bond donors (Lipinski definition) is 0. The Morgan fingerprint density at radius 1 is 0.396 bits per heavy atom. The van der Waals surface area contributed by atoms with Gasteiger partial charge in [-0.1, -0.05) is 168 Å². The fraction of sp³-hybridized carbons (Fsp3) is 0.0444. The van der Waals surface area contributed by atoms with E-state index in [0.29, 0.717) is 0 Å². The van der Waals surface area contributed by atoms with Crippen molar-refractivity contribution in [2.45, 2.75) is 13.8 Å². The molecule has 3 heteroatoms. The van der Waals surface area contributed by atoms with Gasteiger partial charge in [-0.25, -0.2) is 0 Å². The van der Waals surface area contributed by atoms with Gasteiger partial charge in [0.25, 0.3) is 0 Å². The first-order valence-corrected chi connectivity index (χ1v) is 16.9. The SMILES string of the molecule is C[C](C)=[Zr+2].[Cl-].[Cl-].c1ccc(-c2cc3c(-c4ccccc4)cccc3[cH-]2)cc1.c1ccc(-c2cc3c(-c4ccccc4)cccc3[cH-]2)cc1. The molecule has 8 aromatic rings. The van der Waals surface area contributed by atoms with Crippen LogP contribution in [0.25, 0.3) is 66.1 Å². The maximum absolute atomic E-state index is 2.30. The maximum Gasteiger partial charge on any atom is -0.0259 e. The monoisotopic (exact) mass is 736 g/mol. The van der Waals surface area contributed by atoms with Gasteiger partial charge in [0.1, 0.15) is 0 Å². The van der Waals surface area contributed by atoms with Crippen LogP contribution in [0.1, 0.15) is 13.8 Å². The summed E-state index contributed by atoms with van der Waals surface area (Å²) in [6.45, 7) is 4.25. The zero-order chi connectivity index (χ0) is 31.7. The van der Waals surface area contributed by atoms with E-state index in [1.165, 1.54) is 69.3 Å². The maximum atomic E-state index is 2.30. The Kier molecular flexibility index (Phi) is 13.7. The molecule has 0 aliphatic heterocycles. The van der Waals surface area contributed by atoms with E-state index in [4.69, 9.17) is 0 Å². The minimum Gasteiger partial charge on any atom is -1.00 e. The summed E-state index contributed by atoms with van der Waals surface area (Å²) in [7, 11) is 0. The Morgan fingerprint density at radius 3 is 1.00 bits per heavy atom. The van der Waals surface area contributed by atoms with E-state index in [1.54, 1.807) is 24.2 Å². The Labute approximate surface area is 312 Å². The van der Waals surface area contributed by atoms with Crippen molar-refractivity contribution < 1.29 is 49.0 Å². The molecule has 0 aliphatic rings. The molecule has 0 radical (unpaired) electrons. The largest absolute Gasteiger partial charge is 1.00 e. The van der Waals surface area contributed by atoms with Crippen LogP contribution >= 0.6 is 0 Å². The molecule has 0 saturated carbocycles. The van der Waals surface area contributed by atoms with E-state index in [2.05, 4.69) is 196 Å². The van der Waals surface area contributed by atoms with Crippen molar-refractivity contribution in [2.75, 3.05) is 0 Å². The fourth-order valence-electron chi connectivity index (χ4n) is 5.80. The first-order valence-electron chi connectivity index (χ1n) is 15.7. The molecule has 0 aromatic heterocycles. The molecule has 0 nitrogen and oxygen atoms in total. The molecule has 236 valence electrons. The van der Waals surface area contributed by atoms with Crippen molar-refractivity contribution in [3.05, 3.63) is 182 Å². The number of fused-ring (bicyclic) bond motifs is 2. The molecule has 0 aliphatic carbocycles. The summed E-state index contributed by atoms with van der Waals surface area (Å²) in [6, 6.07) is 64.5. The van der Waals surface area contributed by atoms with Crippen LogP contribution < -0.4 is 24.8 Å². The average molecular weight is 739 g/mol. The van der Waals surface area contributed by atoms with Gasteiger partial charge in [-0.2, -0.15) is 0 Å².